The number of halogens is 1. The van der Waals surface area contributed by atoms with E-state index in [1.165, 1.54) is 30.6 Å². The van der Waals surface area contributed by atoms with Gasteiger partial charge in [-0.05, 0) is 49.5 Å². The predicted octanol–water partition coefficient (Wildman–Crippen LogP) is 2.95. The number of aromatic nitrogens is 2. The molecule has 1 saturated heterocycles. The Balaban J connectivity index is 0.00000280. The molecule has 2 heterocycles. The maximum Gasteiger partial charge on any atom is 0.191 e. The van der Waals surface area contributed by atoms with Gasteiger partial charge in [0.25, 0.3) is 0 Å². The number of benzene rings is 1. The molecular formula is C21H33IN6. The fraction of sp³-hybridized carbons (Fsp3) is 0.524. The molecule has 28 heavy (non-hydrogen) atoms. The summed E-state index contributed by atoms with van der Waals surface area (Å²) < 4.78 is 1.95. The Morgan fingerprint density at radius 2 is 2.00 bits per heavy atom. The van der Waals surface area contributed by atoms with E-state index in [1.807, 2.05) is 23.1 Å². The third-order valence-electron chi connectivity index (χ3n) is 5.14. The van der Waals surface area contributed by atoms with Gasteiger partial charge in [0, 0.05) is 32.0 Å². The fourth-order valence-electron chi connectivity index (χ4n) is 3.55. The van der Waals surface area contributed by atoms with E-state index in [2.05, 4.69) is 58.7 Å². The van der Waals surface area contributed by atoms with Crippen molar-refractivity contribution < 1.29 is 0 Å². The van der Waals surface area contributed by atoms with Crippen LogP contribution in [0, 0.1) is 5.92 Å². The zero-order chi connectivity index (χ0) is 18.9. The van der Waals surface area contributed by atoms with Crippen molar-refractivity contribution in [2.45, 2.75) is 33.4 Å². The highest BCUT2D eigenvalue weighted by Crippen LogP contribution is 2.15. The van der Waals surface area contributed by atoms with Crippen molar-refractivity contribution in [2.24, 2.45) is 10.9 Å². The van der Waals surface area contributed by atoms with Crippen LogP contribution in [0.3, 0.4) is 0 Å². The lowest BCUT2D eigenvalue weighted by Gasteiger charge is -2.16. The van der Waals surface area contributed by atoms with Crippen LogP contribution >= 0.6 is 24.0 Å². The maximum atomic E-state index is 4.82. The van der Waals surface area contributed by atoms with Gasteiger partial charge >= 0.3 is 0 Å². The molecule has 3 rings (SSSR count). The molecule has 1 aromatic heterocycles. The highest BCUT2D eigenvalue weighted by Gasteiger charge is 2.20. The normalized spacial score (nSPS) is 17.4. The van der Waals surface area contributed by atoms with Crippen molar-refractivity contribution in [1.82, 2.24) is 25.3 Å². The van der Waals surface area contributed by atoms with Gasteiger partial charge in [0.1, 0.15) is 0 Å². The number of rotatable bonds is 8. The van der Waals surface area contributed by atoms with Gasteiger partial charge in [-0.15, -0.1) is 24.0 Å². The maximum absolute atomic E-state index is 4.82. The summed E-state index contributed by atoms with van der Waals surface area (Å²) in [5.74, 6) is 1.61. The Kier molecular flexibility index (Phi) is 9.77. The van der Waals surface area contributed by atoms with Crippen LogP contribution in [-0.2, 0) is 13.1 Å². The summed E-state index contributed by atoms with van der Waals surface area (Å²) in [6.45, 7) is 11.2. The summed E-state index contributed by atoms with van der Waals surface area (Å²) in [7, 11) is 0. The van der Waals surface area contributed by atoms with Crippen LogP contribution in [0.2, 0.25) is 0 Å². The second kappa shape index (κ2) is 12.1. The largest absolute Gasteiger partial charge is 0.357 e. The van der Waals surface area contributed by atoms with E-state index in [0.717, 1.165) is 32.1 Å². The monoisotopic (exact) mass is 496 g/mol. The summed E-state index contributed by atoms with van der Waals surface area (Å²) in [6, 6.07) is 10.4. The van der Waals surface area contributed by atoms with Crippen LogP contribution in [0.15, 0.2) is 47.7 Å². The van der Waals surface area contributed by atoms with E-state index in [-0.39, 0.29) is 24.0 Å². The van der Waals surface area contributed by atoms with E-state index in [4.69, 9.17) is 4.99 Å². The van der Waals surface area contributed by atoms with E-state index in [1.54, 1.807) is 0 Å². The molecule has 0 bridgehead atoms. The third kappa shape index (κ3) is 6.77. The van der Waals surface area contributed by atoms with Crippen LogP contribution in [-0.4, -0.2) is 53.4 Å². The third-order valence-corrected chi connectivity index (χ3v) is 5.14. The molecule has 1 atom stereocenters. The van der Waals surface area contributed by atoms with E-state index in [0.29, 0.717) is 12.5 Å². The van der Waals surface area contributed by atoms with Crippen molar-refractivity contribution in [2.75, 3.05) is 32.7 Å². The van der Waals surface area contributed by atoms with Gasteiger partial charge < -0.3 is 15.5 Å². The average Bonchev–Trinajstić information content (AvgIpc) is 3.37. The molecule has 0 radical (unpaired) electrons. The van der Waals surface area contributed by atoms with Crippen LogP contribution in [0.25, 0.3) is 0 Å². The van der Waals surface area contributed by atoms with E-state index >= 15 is 0 Å². The highest BCUT2D eigenvalue weighted by molar-refractivity contribution is 14.0. The zero-order valence-corrected chi connectivity index (χ0v) is 19.3. The SMILES string of the molecule is CCNC(=NCc1ccccc1Cn1cccn1)NCC1CCN(CC)C1.I. The first-order chi connectivity index (χ1) is 13.3. The summed E-state index contributed by atoms with van der Waals surface area (Å²) >= 11 is 0. The van der Waals surface area contributed by atoms with Crippen LogP contribution < -0.4 is 10.6 Å². The van der Waals surface area contributed by atoms with E-state index in [9.17, 15) is 0 Å². The van der Waals surface area contributed by atoms with Crippen LogP contribution in [0.4, 0.5) is 0 Å². The Hall–Kier alpha value is -1.61. The summed E-state index contributed by atoms with van der Waals surface area (Å²) in [6.07, 6.45) is 5.08. The Labute approximate surface area is 185 Å². The summed E-state index contributed by atoms with van der Waals surface area (Å²) in [4.78, 5) is 7.34. The molecule has 1 fully saturated rings. The molecule has 7 heteroatoms. The van der Waals surface area contributed by atoms with Crippen molar-refractivity contribution in [3.05, 3.63) is 53.9 Å². The molecule has 0 saturated carbocycles. The first-order valence-corrected chi connectivity index (χ1v) is 10.1. The lowest BCUT2D eigenvalue weighted by atomic mass is 10.1. The molecule has 6 nitrogen and oxygen atoms in total. The van der Waals surface area contributed by atoms with Gasteiger partial charge in [-0.1, -0.05) is 31.2 Å². The van der Waals surface area contributed by atoms with E-state index < -0.39 is 0 Å². The molecule has 1 aromatic carbocycles. The number of nitrogens with one attached hydrogen (secondary N) is 2. The molecule has 0 spiro atoms. The molecule has 0 amide bonds. The molecule has 1 aliphatic heterocycles. The van der Waals surface area contributed by atoms with Crippen molar-refractivity contribution >= 4 is 29.9 Å². The molecule has 2 N–H and O–H groups in total. The molecular weight excluding hydrogens is 463 g/mol. The van der Waals surface area contributed by atoms with Gasteiger partial charge in [-0.2, -0.15) is 5.10 Å². The van der Waals surface area contributed by atoms with Gasteiger partial charge in [-0.25, -0.2) is 4.99 Å². The smallest absolute Gasteiger partial charge is 0.191 e. The minimum atomic E-state index is 0. The molecule has 2 aromatic rings. The topological polar surface area (TPSA) is 57.5 Å². The molecule has 1 aliphatic rings. The Morgan fingerprint density at radius 3 is 2.68 bits per heavy atom. The second-order valence-electron chi connectivity index (χ2n) is 7.10. The number of hydrogen-bond acceptors (Lipinski definition) is 3. The predicted molar refractivity (Wildman–Crippen MR) is 126 cm³/mol. The number of hydrogen-bond donors (Lipinski definition) is 2. The van der Waals surface area contributed by atoms with Gasteiger partial charge in [0.15, 0.2) is 5.96 Å². The van der Waals surface area contributed by atoms with Crippen molar-refractivity contribution in [3.63, 3.8) is 0 Å². The quantitative estimate of drug-likeness (QED) is 0.335. The number of likely N-dealkylation sites (tertiary alicyclic amines) is 1. The Bertz CT molecular complexity index is 715. The van der Waals surface area contributed by atoms with Crippen LogP contribution in [0.5, 0.6) is 0 Å². The molecule has 1 unspecified atom stereocenters. The van der Waals surface area contributed by atoms with Gasteiger partial charge in [0.2, 0.25) is 0 Å². The highest BCUT2D eigenvalue weighted by atomic mass is 127. The minimum absolute atomic E-state index is 0. The lowest BCUT2D eigenvalue weighted by Crippen LogP contribution is -2.40. The average molecular weight is 496 g/mol. The fourth-order valence-corrected chi connectivity index (χ4v) is 3.55. The number of aliphatic imine (C=N–C) groups is 1. The first kappa shape index (κ1) is 22.7. The summed E-state index contributed by atoms with van der Waals surface area (Å²) in [5, 5.41) is 11.2. The summed E-state index contributed by atoms with van der Waals surface area (Å²) in [5.41, 5.74) is 2.50. The number of guanidine groups is 1. The number of nitrogens with zero attached hydrogens (tertiary/aromatic N) is 4. The molecule has 0 aliphatic carbocycles. The standard InChI is InChI=1S/C21H32N6.HI/c1-3-22-21(23-14-18-10-13-26(4-2)16-18)24-15-19-8-5-6-9-20(19)17-27-12-7-11-25-27;/h5-9,11-12,18H,3-4,10,13-17H2,1-2H3,(H2,22,23,24);1H. The minimum Gasteiger partial charge on any atom is -0.357 e. The van der Waals surface area contributed by atoms with Crippen molar-refractivity contribution in [3.8, 4) is 0 Å². The molecule has 154 valence electrons. The van der Waals surface area contributed by atoms with Crippen LogP contribution in [0.1, 0.15) is 31.4 Å². The lowest BCUT2D eigenvalue weighted by molar-refractivity contribution is 0.342. The second-order valence-corrected chi connectivity index (χ2v) is 7.10. The first-order valence-electron chi connectivity index (χ1n) is 10.1. The Morgan fingerprint density at radius 1 is 1.18 bits per heavy atom. The zero-order valence-electron chi connectivity index (χ0n) is 17.0. The van der Waals surface area contributed by atoms with Gasteiger partial charge in [-0.3, -0.25) is 4.68 Å². The van der Waals surface area contributed by atoms with Crippen molar-refractivity contribution in [1.29, 1.82) is 0 Å². The van der Waals surface area contributed by atoms with Gasteiger partial charge in [0.05, 0.1) is 13.1 Å².